The van der Waals surface area contributed by atoms with Crippen LogP contribution in [0.25, 0.3) is 0 Å². The summed E-state index contributed by atoms with van der Waals surface area (Å²) < 4.78 is 0. The molecule has 1 saturated heterocycles. The smallest absolute Gasteiger partial charge is 0.0817 e. The monoisotopic (exact) mass is 144 g/mol. The topological polar surface area (TPSA) is 44.3 Å². The highest BCUT2D eigenvalue weighted by Crippen LogP contribution is 2.07. The molecule has 1 aliphatic heterocycles. The summed E-state index contributed by atoms with van der Waals surface area (Å²) in [5.41, 5.74) is 0. The number of aliphatic hydroxyl groups is 1. The molecule has 2 atom stereocenters. The second kappa shape index (κ2) is 3.91. The molecule has 2 unspecified atom stereocenters. The van der Waals surface area contributed by atoms with Crippen LogP contribution in [0.4, 0.5) is 0 Å². The summed E-state index contributed by atoms with van der Waals surface area (Å²) in [6.45, 7) is 1.75. The van der Waals surface area contributed by atoms with Crippen LogP contribution in [0.2, 0.25) is 0 Å². The van der Waals surface area contributed by atoms with Crippen molar-refractivity contribution in [1.29, 1.82) is 0 Å². The molecular formula is C7H16N2O. The first-order valence-corrected chi connectivity index (χ1v) is 3.90. The molecule has 3 N–H and O–H groups in total. The fraction of sp³-hybridized carbons (Fsp3) is 1.00. The Balaban J connectivity index is 2.18. The van der Waals surface area contributed by atoms with Gasteiger partial charge in [0.1, 0.15) is 0 Å². The molecule has 1 fully saturated rings. The lowest BCUT2D eigenvalue weighted by Crippen LogP contribution is -2.40. The van der Waals surface area contributed by atoms with E-state index in [1.54, 1.807) is 0 Å². The maximum Gasteiger partial charge on any atom is 0.0817 e. The van der Waals surface area contributed by atoms with E-state index in [1.807, 2.05) is 7.05 Å². The Morgan fingerprint density at radius 1 is 1.80 bits per heavy atom. The molecule has 60 valence electrons. The number of likely N-dealkylation sites (N-methyl/N-ethyl adjacent to an activating group) is 1. The van der Waals surface area contributed by atoms with Gasteiger partial charge in [0.25, 0.3) is 0 Å². The highest BCUT2D eigenvalue weighted by atomic mass is 16.3. The van der Waals surface area contributed by atoms with Crippen molar-refractivity contribution in [1.82, 2.24) is 10.6 Å². The van der Waals surface area contributed by atoms with Crippen LogP contribution in [-0.2, 0) is 0 Å². The predicted molar refractivity (Wildman–Crippen MR) is 41.0 cm³/mol. The first kappa shape index (κ1) is 7.98. The predicted octanol–water partition coefficient (Wildman–Crippen LogP) is -0.681. The highest BCUT2D eigenvalue weighted by Gasteiger charge is 2.21. The third-order valence-corrected chi connectivity index (χ3v) is 1.98. The van der Waals surface area contributed by atoms with Crippen LogP contribution in [0.5, 0.6) is 0 Å². The number of hydrogen-bond acceptors (Lipinski definition) is 3. The summed E-state index contributed by atoms with van der Waals surface area (Å²) in [6.07, 6.45) is 2.10. The van der Waals surface area contributed by atoms with E-state index in [4.69, 9.17) is 0 Å². The second-order valence-corrected chi connectivity index (χ2v) is 2.83. The van der Waals surface area contributed by atoms with Gasteiger partial charge in [-0.3, -0.25) is 0 Å². The summed E-state index contributed by atoms with van der Waals surface area (Å²) in [5, 5.41) is 15.6. The van der Waals surface area contributed by atoms with E-state index in [2.05, 4.69) is 10.6 Å². The number of aliphatic hydroxyl groups excluding tert-OH is 1. The van der Waals surface area contributed by atoms with Crippen molar-refractivity contribution in [2.75, 3.05) is 20.1 Å². The summed E-state index contributed by atoms with van der Waals surface area (Å²) in [5.74, 6) is 0. The highest BCUT2D eigenvalue weighted by molar-refractivity contribution is 4.81. The Morgan fingerprint density at radius 3 is 3.10 bits per heavy atom. The molecular weight excluding hydrogens is 128 g/mol. The second-order valence-electron chi connectivity index (χ2n) is 2.83. The van der Waals surface area contributed by atoms with Crippen LogP contribution in [0.15, 0.2) is 0 Å². The molecule has 0 spiro atoms. The summed E-state index contributed by atoms with van der Waals surface area (Å²) >= 11 is 0. The minimum atomic E-state index is -0.215. The average Bonchev–Trinajstić information content (AvgIpc) is 2.38. The molecule has 0 aromatic heterocycles. The lowest BCUT2D eigenvalue weighted by atomic mass is 10.1. The lowest BCUT2D eigenvalue weighted by Gasteiger charge is -2.17. The Bertz CT molecular complexity index is 91.6. The van der Waals surface area contributed by atoms with Crippen LogP contribution in [-0.4, -0.2) is 37.4 Å². The zero-order valence-electron chi connectivity index (χ0n) is 6.43. The SMILES string of the molecule is CNCC(O)C1CCCN1. The van der Waals surface area contributed by atoms with Gasteiger partial charge in [-0.15, -0.1) is 0 Å². The van der Waals surface area contributed by atoms with Gasteiger partial charge in [0.05, 0.1) is 6.10 Å². The molecule has 0 aromatic carbocycles. The fourth-order valence-electron chi connectivity index (χ4n) is 1.39. The molecule has 1 heterocycles. The van der Waals surface area contributed by atoms with Crippen LogP contribution in [0, 0.1) is 0 Å². The standard InChI is InChI=1S/C7H16N2O/c1-8-5-7(10)6-3-2-4-9-6/h6-10H,2-5H2,1H3. The van der Waals surface area contributed by atoms with Crippen LogP contribution >= 0.6 is 0 Å². The first-order valence-electron chi connectivity index (χ1n) is 3.90. The average molecular weight is 144 g/mol. The summed E-state index contributed by atoms with van der Waals surface area (Å²) in [7, 11) is 1.86. The van der Waals surface area contributed by atoms with Crippen LogP contribution in [0.1, 0.15) is 12.8 Å². The normalized spacial score (nSPS) is 28.8. The molecule has 1 aliphatic rings. The molecule has 0 aliphatic carbocycles. The molecule has 0 bridgehead atoms. The molecule has 0 saturated carbocycles. The van der Waals surface area contributed by atoms with E-state index < -0.39 is 0 Å². The third-order valence-electron chi connectivity index (χ3n) is 1.98. The number of nitrogens with one attached hydrogen (secondary N) is 2. The van der Waals surface area contributed by atoms with Crippen LogP contribution in [0.3, 0.4) is 0 Å². The third kappa shape index (κ3) is 1.94. The van der Waals surface area contributed by atoms with Gasteiger partial charge >= 0.3 is 0 Å². The Morgan fingerprint density at radius 2 is 2.60 bits per heavy atom. The van der Waals surface area contributed by atoms with Crippen molar-refractivity contribution in [2.24, 2.45) is 0 Å². The number of hydrogen-bond donors (Lipinski definition) is 3. The van der Waals surface area contributed by atoms with Crippen molar-refractivity contribution in [3.63, 3.8) is 0 Å². The fourth-order valence-corrected chi connectivity index (χ4v) is 1.39. The number of rotatable bonds is 3. The van der Waals surface area contributed by atoms with Crippen molar-refractivity contribution in [3.05, 3.63) is 0 Å². The van der Waals surface area contributed by atoms with Crippen molar-refractivity contribution in [2.45, 2.75) is 25.0 Å². The van der Waals surface area contributed by atoms with E-state index in [1.165, 1.54) is 6.42 Å². The Hall–Kier alpha value is -0.120. The zero-order valence-corrected chi connectivity index (χ0v) is 6.43. The van der Waals surface area contributed by atoms with Crippen molar-refractivity contribution < 1.29 is 5.11 Å². The molecule has 3 nitrogen and oxygen atoms in total. The molecule has 3 heteroatoms. The van der Waals surface area contributed by atoms with Gasteiger partial charge in [-0.05, 0) is 26.4 Å². The van der Waals surface area contributed by atoms with Gasteiger partial charge < -0.3 is 15.7 Å². The van der Waals surface area contributed by atoms with E-state index in [-0.39, 0.29) is 6.10 Å². The van der Waals surface area contributed by atoms with E-state index >= 15 is 0 Å². The minimum absolute atomic E-state index is 0.215. The van der Waals surface area contributed by atoms with E-state index in [0.717, 1.165) is 13.0 Å². The molecule has 0 amide bonds. The van der Waals surface area contributed by atoms with Gasteiger partial charge in [-0.25, -0.2) is 0 Å². The summed E-state index contributed by atoms with van der Waals surface area (Å²) in [6, 6.07) is 0.326. The van der Waals surface area contributed by atoms with E-state index in [0.29, 0.717) is 12.6 Å². The van der Waals surface area contributed by atoms with Crippen molar-refractivity contribution in [3.8, 4) is 0 Å². The molecule has 1 rings (SSSR count). The van der Waals surface area contributed by atoms with Gasteiger partial charge in [0.15, 0.2) is 0 Å². The largest absolute Gasteiger partial charge is 0.390 e. The van der Waals surface area contributed by atoms with Gasteiger partial charge in [0, 0.05) is 12.6 Å². The van der Waals surface area contributed by atoms with Gasteiger partial charge in [-0.2, -0.15) is 0 Å². The van der Waals surface area contributed by atoms with Crippen LogP contribution < -0.4 is 10.6 Å². The first-order chi connectivity index (χ1) is 4.84. The lowest BCUT2D eigenvalue weighted by molar-refractivity contribution is 0.136. The maximum atomic E-state index is 9.42. The summed E-state index contributed by atoms with van der Waals surface area (Å²) in [4.78, 5) is 0. The Labute approximate surface area is 61.8 Å². The molecule has 0 radical (unpaired) electrons. The molecule has 10 heavy (non-hydrogen) atoms. The molecule has 0 aromatic rings. The zero-order chi connectivity index (χ0) is 7.40. The van der Waals surface area contributed by atoms with Gasteiger partial charge in [-0.1, -0.05) is 0 Å². The maximum absolute atomic E-state index is 9.42. The quantitative estimate of drug-likeness (QED) is 0.491. The minimum Gasteiger partial charge on any atom is -0.390 e. The Kier molecular flexibility index (Phi) is 3.12. The van der Waals surface area contributed by atoms with Gasteiger partial charge in [0.2, 0.25) is 0 Å². The van der Waals surface area contributed by atoms with E-state index in [9.17, 15) is 5.11 Å². The van der Waals surface area contributed by atoms with Crippen molar-refractivity contribution >= 4 is 0 Å².